The topological polar surface area (TPSA) is 119 Å². The number of carbonyl (C=O) groups is 2. The van der Waals surface area contributed by atoms with E-state index < -0.39 is 29.0 Å². The van der Waals surface area contributed by atoms with E-state index in [0.717, 1.165) is 5.56 Å². The maximum Gasteiger partial charge on any atom is 0.348 e. The van der Waals surface area contributed by atoms with Gasteiger partial charge in [-0.15, -0.1) is 0 Å². The van der Waals surface area contributed by atoms with E-state index in [4.69, 9.17) is 4.74 Å². The highest BCUT2D eigenvalue weighted by molar-refractivity contribution is 5.96. The zero-order valence-corrected chi connectivity index (χ0v) is 17.6. The van der Waals surface area contributed by atoms with E-state index in [1.54, 1.807) is 74.5 Å². The second-order valence-corrected chi connectivity index (χ2v) is 7.28. The van der Waals surface area contributed by atoms with Crippen molar-refractivity contribution in [1.82, 2.24) is 0 Å². The Hall–Kier alpha value is -4.04. The molecule has 0 saturated carbocycles. The molecule has 32 heavy (non-hydrogen) atoms. The van der Waals surface area contributed by atoms with Crippen LogP contribution in [0.3, 0.4) is 0 Å². The van der Waals surface area contributed by atoms with Gasteiger partial charge in [0.05, 0.1) is 4.92 Å². The van der Waals surface area contributed by atoms with Crippen molar-refractivity contribution in [2.75, 3.05) is 11.9 Å². The molecule has 2 N–H and O–H groups in total. The quantitative estimate of drug-likeness (QED) is 0.333. The summed E-state index contributed by atoms with van der Waals surface area (Å²) >= 11 is 0. The smallest absolute Gasteiger partial charge is 0.348 e. The molecule has 0 bridgehead atoms. The van der Waals surface area contributed by atoms with Crippen molar-refractivity contribution in [2.24, 2.45) is 0 Å². The third-order valence-corrected chi connectivity index (χ3v) is 5.10. The van der Waals surface area contributed by atoms with Gasteiger partial charge < -0.3 is 15.2 Å². The molecule has 0 unspecified atom stereocenters. The van der Waals surface area contributed by atoms with Crippen LogP contribution in [0.25, 0.3) is 0 Å². The van der Waals surface area contributed by atoms with Crippen LogP contribution in [-0.4, -0.2) is 28.5 Å². The second kappa shape index (κ2) is 9.40. The molecule has 0 aromatic heterocycles. The number of hydrogen-bond acceptors (Lipinski definition) is 6. The van der Waals surface area contributed by atoms with E-state index in [0.29, 0.717) is 5.56 Å². The number of anilines is 1. The van der Waals surface area contributed by atoms with Gasteiger partial charge in [-0.25, -0.2) is 4.79 Å². The molecule has 3 rings (SSSR count). The molecule has 0 heterocycles. The number of amides is 1. The van der Waals surface area contributed by atoms with Crippen molar-refractivity contribution in [3.63, 3.8) is 0 Å². The molecule has 8 nitrogen and oxygen atoms in total. The van der Waals surface area contributed by atoms with Crippen LogP contribution in [0.2, 0.25) is 0 Å². The van der Waals surface area contributed by atoms with Crippen LogP contribution in [0, 0.1) is 24.0 Å². The van der Waals surface area contributed by atoms with E-state index in [9.17, 15) is 24.8 Å². The van der Waals surface area contributed by atoms with Crippen LogP contribution in [0.5, 0.6) is 0 Å². The zero-order chi connectivity index (χ0) is 23.3. The standard InChI is InChI=1S/C24H22N2O6/c1-16-13-20(21(26(30)31)14-17(16)2)25-22(27)15-32-23(28)24(29,18-9-5-3-6-10-18)19-11-7-4-8-12-19/h3-14,29H,15H2,1-2H3,(H,25,27). The number of carbonyl (C=O) groups excluding carboxylic acids is 2. The number of nitro groups is 1. The van der Waals surface area contributed by atoms with Gasteiger partial charge in [-0.2, -0.15) is 0 Å². The van der Waals surface area contributed by atoms with Gasteiger partial charge in [0.15, 0.2) is 6.61 Å². The van der Waals surface area contributed by atoms with Crippen molar-refractivity contribution < 1.29 is 24.4 Å². The fourth-order valence-electron chi connectivity index (χ4n) is 3.24. The molecule has 0 atom stereocenters. The summed E-state index contributed by atoms with van der Waals surface area (Å²) in [5.41, 5.74) is -0.376. The molecule has 0 aliphatic rings. The summed E-state index contributed by atoms with van der Waals surface area (Å²) in [5, 5.41) is 25.0. The average molecular weight is 434 g/mol. The Morgan fingerprint density at radius 3 is 1.97 bits per heavy atom. The third kappa shape index (κ3) is 4.65. The number of rotatable bonds is 7. The minimum absolute atomic E-state index is 0.000490. The fourth-order valence-corrected chi connectivity index (χ4v) is 3.24. The Bertz CT molecular complexity index is 1110. The maximum atomic E-state index is 12.9. The zero-order valence-electron chi connectivity index (χ0n) is 17.6. The summed E-state index contributed by atoms with van der Waals surface area (Å²) in [6, 6.07) is 19.3. The average Bonchev–Trinajstić information content (AvgIpc) is 2.80. The molecule has 0 radical (unpaired) electrons. The first-order chi connectivity index (χ1) is 15.2. The Morgan fingerprint density at radius 2 is 1.47 bits per heavy atom. The number of aliphatic hydroxyl groups is 1. The molecule has 0 aliphatic carbocycles. The van der Waals surface area contributed by atoms with Gasteiger partial charge in [0.25, 0.3) is 11.6 Å². The number of ether oxygens (including phenoxy) is 1. The van der Waals surface area contributed by atoms with Crippen molar-refractivity contribution in [3.05, 3.63) is 105 Å². The minimum atomic E-state index is -2.13. The van der Waals surface area contributed by atoms with E-state index in [-0.39, 0.29) is 22.5 Å². The van der Waals surface area contributed by atoms with Gasteiger partial charge in [0, 0.05) is 6.07 Å². The molecular formula is C24H22N2O6. The van der Waals surface area contributed by atoms with Crippen LogP contribution in [0.1, 0.15) is 22.3 Å². The first-order valence-electron chi connectivity index (χ1n) is 9.79. The molecule has 0 fully saturated rings. The Labute approximate surface area is 184 Å². The summed E-state index contributed by atoms with van der Waals surface area (Å²) in [4.78, 5) is 36.0. The summed E-state index contributed by atoms with van der Waals surface area (Å²) in [6.45, 7) is 2.75. The van der Waals surface area contributed by atoms with Gasteiger partial charge >= 0.3 is 5.97 Å². The van der Waals surface area contributed by atoms with Crippen LogP contribution < -0.4 is 5.32 Å². The molecule has 0 aliphatic heterocycles. The number of nitrogens with zero attached hydrogens (tertiary/aromatic N) is 1. The third-order valence-electron chi connectivity index (χ3n) is 5.10. The van der Waals surface area contributed by atoms with Gasteiger partial charge in [0.2, 0.25) is 5.60 Å². The number of hydrogen-bond donors (Lipinski definition) is 2. The SMILES string of the molecule is Cc1cc(NC(=O)COC(=O)C(O)(c2ccccc2)c2ccccc2)c([N+](=O)[O-])cc1C. The van der Waals surface area contributed by atoms with Gasteiger partial charge in [0.1, 0.15) is 5.69 Å². The Morgan fingerprint density at radius 1 is 0.969 bits per heavy atom. The van der Waals surface area contributed by atoms with E-state index in [1.165, 1.54) is 12.1 Å². The van der Waals surface area contributed by atoms with Gasteiger partial charge in [-0.05, 0) is 42.2 Å². The minimum Gasteiger partial charge on any atom is -0.453 e. The molecule has 3 aromatic rings. The monoisotopic (exact) mass is 434 g/mol. The van der Waals surface area contributed by atoms with Crippen molar-refractivity contribution in [2.45, 2.75) is 19.4 Å². The fraction of sp³-hybridized carbons (Fsp3) is 0.167. The molecule has 1 amide bonds. The van der Waals surface area contributed by atoms with Crippen molar-refractivity contribution >= 4 is 23.3 Å². The molecule has 3 aromatic carbocycles. The summed E-state index contributed by atoms with van der Waals surface area (Å²) in [5.74, 6) is -1.81. The molecule has 0 saturated heterocycles. The molecular weight excluding hydrogens is 412 g/mol. The largest absolute Gasteiger partial charge is 0.453 e. The highest BCUT2D eigenvalue weighted by atomic mass is 16.6. The lowest BCUT2D eigenvalue weighted by Crippen LogP contribution is -2.39. The number of aryl methyl sites for hydroxylation is 2. The van der Waals surface area contributed by atoms with Gasteiger partial charge in [-0.1, -0.05) is 60.7 Å². The maximum absolute atomic E-state index is 12.9. The predicted octanol–water partition coefficient (Wildman–Crippen LogP) is 3.63. The summed E-state index contributed by atoms with van der Waals surface area (Å²) < 4.78 is 5.13. The summed E-state index contributed by atoms with van der Waals surface area (Å²) in [7, 11) is 0. The number of nitrogens with one attached hydrogen (secondary N) is 1. The van der Waals surface area contributed by atoms with Crippen LogP contribution >= 0.6 is 0 Å². The Kier molecular flexibility index (Phi) is 6.65. The van der Waals surface area contributed by atoms with Crippen LogP contribution in [0.4, 0.5) is 11.4 Å². The Balaban J connectivity index is 1.80. The van der Waals surface area contributed by atoms with E-state index in [2.05, 4.69) is 5.32 Å². The lowest BCUT2D eigenvalue weighted by Gasteiger charge is -2.26. The number of benzene rings is 3. The van der Waals surface area contributed by atoms with Gasteiger partial charge in [-0.3, -0.25) is 14.9 Å². The first kappa shape index (κ1) is 22.6. The normalized spacial score (nSPS) is 11.0. The lowest BCUT2D eigenvalue weighted by molar-refractivity contribution is -0.384. The number of nitro benzene ring substituents is 1. The summed E-state index contributed by atoms with van der Waals surface area (Å²) in [6.07, 6.45) is 0. The van der Waals surface area contributed by atoms with Crippen LogP contribution in [-0.2, 0) is 19.9 Å². The van der Waals surface area contributed by atoms with Crippen molar-refractivity contribution in [3.8, 4) is 0 Å². The van der Waals surface area contributed by atoms with Crippen LogP contribution in [0.15, 0.2) is 72.8 Å². The van der Waals surface area contributed by atoms with E-state index in [1.807, 2.05) is 0 Å². The molecule has 0 spiro atoms. The lowest BCUT2D eigenvalue weighted by atomic mass is 9.86. The van der Waals surface area contributed by atoms with Crippen molar-refractivity contribution in [1.29, 1.82) is 0 Å². The first-order valence-corrected chi connectivity index (χ1v) is 9.79. The number of esters is 1. The van der Waals surface area contributed by atoms with E-state index >= 15 is 0 Å². The highest BCUT2D eigenvalue weighted by Crippen LogP contribution is 2.31. The highest BCUT2D eigenvalue weighted by Gasteiger charge is 2.41. The molecule has 164 valence electrons. The second-order valence-electron chi connectivity index (χ2n) is 7.28. The predicted molar refractivity (Wildman–Crippen MR) is 118 cm³/mol. The molecule has 8 heteroatoms.